The van der Waals surface area contributed by atoms with Crippen molar-refractivity contribution in [3.63, 3.8) is 0 Å². The van der Waals surface area contributed by atoms with Gasteiger partial charge in [0, 0.05) is 12.1 Å². The molecule has 1 aromatic rings. The maximum Gasteiger partial charge on any atom is 0.410 e. The molecule has 1 saturated heterocycles. The van der Waals surface area contributed by atoms with Crippen LogP contribution in [0.1, 0.15) is 18.4 Å². The summed E-state index contributed by atoms with van der Waals surface area (Å²) in [4.78, 5) is 31.1. The molecule has 2 unspecified atom stereocenters. The van der Waals surface area contributed by atoms with E-state index in [0.29, 0.717) is 25.0 Å². The Hall–Kier alpha value is -2.63. The molecule has 1 fully saturated rings. The monoisotopic (exact) mass is 326 g/mol. The minimum Gasteiger partial charge on any atom is -0.466 e. The Kier molecular flexibility index (Phi) is 3.23. The molecular formula is C18H18N2O4. The number of piperidine rings is 1. The van der Waals surface area contributed by atoms with Crippen molar-refractivity contribution in [2.24, 2.45) is 4.99 Å². The molecule has 2 atom stereocenters. The van der Waals surface area contributed by atoms with Crippen molar-refractivity contribution < 1.29 is 19.1 Å². The zero-order chi connectivity index (χ0) is 16.9. The highest BCUT2D eigenvalue weighted by Gasteiger charge is 2.57. The first-order valence-corrected chi connectivity index (χ1v) is 7.95. The molecule has 4 rings (SSSR count). The van der Waals surface area contributed by atoms with Gasteiger partial charge in [0.2, 0.25) is 0 Å². The number of esters is 1. The average molecular weight is 326 g/mol. The van der Waals surface area contributed by atoms with Gasteiger partial charge in [-0.1, -0.05) is 24.3 Å². The molecule has 2 heterocycles. The molecule has 24 heavy (non-hydrogen) atoms. The first-order valence-electron chi connectivity index (χ1n) is 7.95. The van der Waals surface area contributed by atoms with Crippen LogP contribution >= 0.6 is 0 Å². The fourth-order valence-corrected chi connectivity index (χ4v) is 4.27. The smallest absolute Gasteiger partial charge is 0.410 e. The lowest BCUT2D eigenvalue weighted by molar-refractivity contribution is -0.136. The number of aliphatic imine (C=N–C) groups is 1. The quantitative estimate of drug-likeness (QED) is 0.743. The van der Waals surface area contributed by atoms with Gasteiger partial charge in [-0.25, -0.2) is 9.59 Å². The van der Waals surface area contributed by atoms with Crippen LogP contribution in [0.3, 0.4) is 0 Å². The number of carbonyl (C=O) groups is 2. The minimum atomic E-state index is -0.586. The summed E-state index contributed by atoms with van der Waals surface area (Å²) in [5, 5.41) is 0. The lowest BCUT2D eigenvalue weighted by Crippen LogP contribution is -2.60. The molecule has 1 aliphatic carbocycles. The van der Waals surface area contributed by atoms with Gasteiger partial charge in [-0.05, 0) is 24.5 Å². The first-order chi connectivity index (χ1) is 11.6. The number of rotatable bonds is 1. The molecule has 6 heteroatoms. The number of hydrogen-bond donors (Lipinski definition) is 0. The fourth-order valence-electron chi connectivity index (χ4n) is 4.27. The molecule has 124 valence electrons. The van der Waals surface area contributed by atoms with Gasteiger partial charge in [-0.15, -0.1) is 0 Å². The third-order valence-electron chi connectivity index (χ3n) is 5.28. The van der Waals surface area contributed by atoms with E-state index in [1.54, 1.807) is 4.90 Å². The molecule has 1 aromatic carbocycles. The highest BCUT2D eigenvalue weighted by molar-refractivity contribution is 6.15. The van der Waals surface area contributed by atoms with Gasteiger partial charge in [0.05, 0.1) is 37.1 Å². The molecule has 0 aromatic heterocycles. The molecule has 0 N–H and O–H groups in total. The van der Waals surface area contributed by atoms with E-state index in [-0.39, 0.29) is 18.1 Å². The Balaban J connectivity index is 1.91. The Morgan fingerprint density at radius 2 is 2.04 bits per heavy atom. The van der Waals surface area contributed by atoms with E-state index in [9.17, 15) is 9.59 Å². The van der Waals surface area contributed by atoms with E-state index in [2.05, 4.69) is 0 Å². The Morgan fingerprint density at radius 3 is 2.79 bits per heavy atom. The fraction of sp³-hybridized carbons (Fsp3) is 0.389. The average Bonchev–Trinajstić information content (AvgIpc) is 2.97. The van der Waals surface area contributed by atoms with E-state index in [1.807, 2.05) is 30.3 Å². The topological polar surface area (TPSA) is 68.2 Å². The van der Waals surface area contributed by atoms with Crippen LogP contribution in [-0.4, -0.2) is 49.5 Å². The van der Waals surface area contributed by atoms with Crippen LogP contribution in [0.5, 0.6) is 0 Å². The van der Waals surface area contributed by atoms with Gasteiger partial charge in [0.25, 0.3) is 0 Å². The largest absolute Gasteiger partial charge is 0.466 e. The van der Waals surface area contributed by atoms with Crippen molar-refractivity contribution in [3.05, 3.63) is 41.5 Å². The summed E-state index contributed by atoms with van der Waals surface area (Å²) in [6.07, 6.45) is 2.66. The summed E-state index contributed by atoms with van der Waals surface area (Å²) in [6.45, 7) is 0.513. The van der Waals surface area contributed by atoms with E-state index >= 15 is 0 Å². The molecule has 0 spiro atoms. The van der Waals surface area contributed by atoms with Crippen molar-refractivity contribution in [1.29, 1.82) is 0 Å². The number of nitrogens with zero attached hydrogens (tertiary/aromatic N) is 2. The predicted molar refractivity (Wildman–Crippen MR) is 87.4 cm³/mol. The van der Waals surface area contributed by atoms with Gasteiger partial charge in [0.1, 0.15) is 0 Å². The van der Waals surface area contributed by atoms with Crippen LogP contribution in [0, 0.1) is 0 Å². The first kappa shape index (κ1) is 14.9. The number of carbonyl (C=O) groups excluding carboxylic acids is 2. The van der Waals surface area contributed by atoms with Crippen molar-refractivity contribution in [3.8, 4) is 0 Å². The molecule has 0 radical (unpaired) electrons. The zero-order valence-electron chi connectivity index (χ0n) is 13.6. The number of ether oxygens (including phenoxy) is 2. The van der Waals surface area contributed by atoms with Crippen LogP contribution in [0.2, 0.25) is 0 Å². The van der Waals surface area contributed by atoms with Crippen LogP contribution < -0.4 is 0 Å². The normalized spacial score (nSPS) is 26.8. The molecule has 3 aliphatic rings. The Bertz CT molecular complexity index is 798. The molecule has 6 nitrogen and oxygen atoms in total. The number of methoxy groups -OCH3 is 2. The molecular weight excluding hydrogens is 308 g/mol. The van der Waals surface area contributed by atoms with Crippen LogP contribution in [0.25, 0.3) is 0 Å². The maximum atomic E-state index is 12.4. The lowest BCUT2D eigenvalue weighted by atomic mass is 9.62. The molecule has 0 saturated carbocycles. The Labute approximate surface area is 139 Å². The van der Waals surface area contributed by atoms with Gasteiger partial charge in [-0.2, -0.15) is 0 Å². The van der Waals surface area contributed by atoms with E-state index in [1.165, 1.54) is 14.2 Å². The second kappa shape index (κ2) is 5.19. The van der Waals surface area contributed by atoms with Crippen LogP contribution in [0.15, 0.2) is 40.9 Å². The maximum absolute atomic E-state index is 12.4. The molecule has 1 amide bonds. The summed E-state index contributed by atoms with van der Waals surface area (Å²) < 4.78 is 9.95. The number of likely N-dealkylation sites (tertiary alicyclic amines) is 1. The van der Waals surface area contributed by atoms with Crippen LogP contribution in [0.4, 0.5) is 10.5 Å². The summed E-state index contributed by atoms with van der Waals surface area (Å²) in [7, 11) is 2.78. The highest BCUT2D eigenvalue weighted by Crippen LogP contribution is 2.53. The number of hydrogen-bond acceptors (Lipinski definition) is 5. The number of amides is 1. The van der Waals surface area contributed by atoms with Crippen molar-refractivity contribution in [2.45, 2.75) is 24.3 Å². The number of benzene rings is 1. The van der Waals surface area contributed by atoms with Crippen molar-refractivity contribution in [2.75, 3.05) is 20.8 Å². The van der Waals surface area contributed by atoms with Gasteiger partial charge in [-0.3, -0.25) is 9.89 Å². The highest BCUT2D eigenvalue weighted by atomic mass is 16.5. The van der Waals surface area contributed by atoms with Crippen molar-refractivity contribution in [1.82, 2.24) is 4.90 Å². The summed E-state index contributed by atoms with van der Waals surface area (Å²) in [6, 6.07) is 7.66. The zero-order valence-corrected chi connectivity index (χ0v) is 13.6. The number of fused-ring (bicyclic) bond motifs is 1. The second-order valence-corrected chi connectivity index (χ2v) is 6.19. The van der Waals surface area contributed by atoms with Gasteiger partial charge >= 0.3 is 12.1 Å². The van der Waals surface area contributed by atoms with Crippen molar-refractivity contribution >= 4 is 23.5 Å². The minimum absolute atomic E-state index is 0.188. The summed E-state index contributed by atoms with van der Waals surface area (Å²) in [5.41, 5.74) is 2.78. The van der Waals surface area contributed by atoms with E-state index in [4.69, 9.17) is 14.5 Å². The van der Waals surface area contributed by atoms with Crippen LogP contribution in [-0.2, 0) is 19.7 Å². The van der Waals surface area contributed by atoms with E-state index < -0.39 is 5.41 Å². The third-order valence-corrected chi connectivity index (χ3v) is 5.28. The van der Waals surface area contributed by atoms with Gasteiger partial charge < -0.3 is 9.47 Å². The van der Waals surface area contributed by atoms with Gasteiger partial charge in [0.15, 0.2) is 0 Å². The summed E-state index contributed by atoms with van der Waals surface area (Å²) >= 11 is 0. The second-order valence-electron chi connectivity index (χ2n) is 6.19. The molecule has 2 aliphatic heterocycles. The predicted octanol–water partition coefficient (Wildman–Crippen LogP) is 2.35. The molecule has 2 bridgehead atoms. The Morgan fingerprint density at radius 1 is 1.25 bits per heavy atom. The summed E-state index contributed by atoms with van der Waals surface area (Å²) in [5.74, 6) is -0.329. The lowest BCUT2D eigenvalue weighted by Gasteiger charge is -2.48. The number of para-hydroxylation sites is 1. The SMILES string of the molecule is COC(=O)C1=CCC2C3=Nc4ccccc4C13CCN2C(=O)OC. The third kappa shape index (κ3) is 1.74. The van der Waals surface area contributed by atoms with E-state index in [0.717, 1.165) is 17.0 Å². The standard InChI is InChI=1S/C18H18N2O4/c1-23-16(21)12-7-8-14-15-18(12,9-10-20(14)17(22)24-2)11-5-3-4-6-13(11)19-15/h3-7,14H,8-10H2,1-2H3.